The van der Waals surface area contributed by atoms with Gasteiger partial charge in [-0.15, -0.1) is 11.6 Å². The van der Waals surface area contributed by atoms with Crippen LogP contribution in [0.15, 0.2) is 121 Å². The van der Waals surface area contributed by atoms with Gasteiger partial charge in [-0.05, 0) is 58.4 Å². The molecule has 3 heteroatoms. The minimum atomic E-state index is 0. The first kappa shape index (κ1) is 35.9. The van der Waals surface area contributed by atoms with Crippen molar-refractivity contribution in [1.82, 2.24) is 0 Å². The molecule has 0 bridgehead atoms. The van der Waals surface area contributed by atoms with Crippen molar-refractivity contribution in [3.05, 3.63) is 172 Å². The second-order valence-electron chi connectivity index (χ2n) is 13.3. The van der Waals surface area contributed by atoms with E-state index in [0.29, 0.717) is 0 Å². The Balaban J connectivity index is 0.000000193. The summed E-state index contributed by atoms with van der Waals surface area (Å²) in [6.45, 7) is 13.7. The van der Waals surface area contributed by atoms with Crippen molar-refractivity contribution in [3.8, 4) is 11.1 Å². The van der Waals surface area contributed by atoms with Gasteiger partial charge in [0.15, 0.2) is 0 Å². The predicted molar refractivity (Wildman–Crippen MR) is 185 cm³/mol. The largest absolute Gasteiger partial charge is 0.214 e. The fourth-order valence-electron chi connectivity index (χ4n) is 6.97. The molecule has 3 aliphatic carbocycles. The van der Waals surface area contributed by atoms with Gasteiger partial charge in [-0.1, -0.05) is 58.2 Å². The summed E-state index contributed by atoms with van der Waals surface area (Å²) in [6.07, 6.45) is 7.13. The van der Waals surface area contributed by atoms with Gasteiger partial charge in [0.25, 0.3) is 0 Å². The summed E-state index contributed by atoms with van der Waals surface area (Å²) >= 11 is 1.46. The molecule has 0 N–H and O–H groups in total. The second kappa shape index (κ2) is 14.4. The molecule has 0 saturated carbocycles. The minimum Gasteiger partial charge on any atom is -0.214 e. The Labute approximate surface area is 303 Å². The number of rotatable bonds is 2. The summed E-state index contributed by atoms with van der Waals surface area (Å²) in [7, 11) is 0. The monoisotopic (exact) mass is 716 g/mol. The second-order valence-corrected chi connectivity index (χ2v) is 14.5. The first-order chi connectivity index (χ1) is 21.0. The maximum Gasteiger partial charge on any atom is -0.172 e. The molecule has 0 aromatic heterocycles. The molecule has 0 radical (unpaired) electrons. The van der Waals surface area contributed by atoms with Crippen molar-refractivity contribution in [1.29, 1.82) is 0 Å². The van der Waals surface area contributed by atoms with Gasteiger partial charge >= 0.3 is 99.2 Å². The molecule has 5 aromatic rings. The van der Waals surface area contributed by atoms with Crippen molar-refractivity contribution in [2.75, 3.05) is 0 Å². The zero-order valence-corrected chi connectivity index (χ0v) is 31.5. The van der Waals surface area contributed by atoms with Crippen LogP contribution in [-0.2, 0) is 41.5 Å². The summed E-state index contributed by atoms with van der Waals surface area (Å²) in [5.41, 5.74) is 17.2. The molecule has 0 unspecified atom stereocenters. The number of fused-ring (bicyclic) bond motifs is 5. The zero-order chi connectivity index (χ0) is 31.1. The molecule has 232 valence electrons. The van der Waals surface area contributed by atoms with Crippen LogP contribution in [0.2, 0.25) is 0 Å². The van der Waals surface area contributed by atoms with Crippen molar-refractivity contribution >= 4 is 14.4 Å². The number of hydrogen-bond donors (Lipinski definition) is 0. The van der Waals surface area contributed by atoms with E-state index in [1.807, 2.05) is 30.3 Å². The fourth-order valence-corrected chi connectivity index (χ4v) is 7.79. The summed E-state index contributed by atoms with van der Waals surface area (Å²) in [5.74, 6) is 0. The zero-order valence-electron chi connectivity index (χ0n) is 27.5. The number of hydrogen-bond acceptors (Lipinski definition) is 0. The SMILES string of the molecule is CC1=[C-]C(C)(C)c2cc3c(cc21)-c1cc2c(cc1C3)C(C)(C)C=C2C.[Cl-].[Cl-].[Zr+2]=[C](c1ccccc1)c1ccccc1.c1cc[cH-]c1. The molecular weight excluding hydrogens is 679 g/mol. The third kappa shape index (κ3) is 7.13. The van der Waals surface area contributed by atoms with Gasteiger partial charge < -0.3 is 24.8 Å². The van der Waals surface area contributed by atoms with E-state index < -0.39 is 0 Å². The van der Waals surface area contributed by atoms with Gasteiger partial charge in [-0.25, -0.2) is 17.7 Å². The molecule has 0 fully saturated rings. The first-order valence-corrected chi connectivity index (χ1v) is 16.8. The Bertz CT molecular complexity index is 1750. The maximum atomic E-state index is 3.65. The van der Waals surface area contributed by atoms with Crippen molar-refractivity contribution in [2.24, 2.45) is 0 Å². The van der Waals surface area contributed by atoms with Crippen molar-refractivity contribution < 1.29 is 49.0 Å². The van der Waals surface area contributed by atoms with Crippen molar-refractivity contribution in [3.63, 3.8) is 0 Å². The number of allylic oxidation sites excluding steroid dienone is 4. The average molecular weight is 719 g/mol. The van der Waals surface area contributed by atoms with Crippen molar-refractivity contribution in [2.45, 2.75) is 58.8 Å². The quantitative estimate of drug-likeness (QED) is 0.229. The van der Waals surface area contributed by atoms with Gasteiger partial charge in [0, 0.05) is 5.41 Å². The molecule has 0 spiro atoms. The molecule has 3 aliphatic rings. The normalized spacial score (nSPS) is 15.0. The van der Waals surface area contributed by atoms with E-state index in [1.165, 1.54) is 94.2 Å². The van der Waals surface area contributed by atoms with Crippen LogP contribution in [0.25, 0.3) is 22.3 Å². The van der Waals surface area contributed by atoms with E-state index in [4.69, 9.17) is 0 Å². The van der Waals surface area contributed by atoms with Crippen LogP contribution in [0.4, 0.5) is 0 Å². The third-order valence-corrected chi connectivity index (χ3v) is 10.5. The van der Waals surface area contributed by atoms with Gasteiger partial charge in [0.2, 0.25) is 0 Å². The van der Waals surface area contributed by atoms with E-state index in [1.54, 1.807) is 0 Å². The van der Waals surface area contributed by atoms with Gasteiger partial charge in [0.1, 0.15) is 0 Å². The van der Waals surface area contributed by atoms with E-state index in [-0.39, 0.29) is 35.6 Å². The molecule has 0 aliphatic heterocycles. The fraction of sp³-hybridized carbons (Fsp3) is 0.209. The van der Waals surface area contributed by atoms with Crippen LogP contribution >= 0.6 is 0 Å². The smallest absolute Gasteiger partial charge is 0.172 e. The van der Waals surface area contributed by atoms with E-state index >= 15 is 0 Å². The molecule has 0 nitrogen and oxygen atoms in total. The summed E-state index contributed by atoms with van der Waals surface area (Å²) in [4.78, 5) is 0. The predicted octanol–water partition coefficient (Wildman–Crippen LogP) is 4.67. The van der Waals surface area contributed by atoms with E-state index in [9.17, 15) is 0 Å². The van der Waals surface area contributed by atoms with Gasteiger partial charge in [-0.3, -0.25) is 6.08 Å². The Hall–Kier alpha value is -2.96. The van der Waals surface area contributed by atoms with Crippen LogP contribution in [0, 0.1) is 6.08 Å². The van der Waals surface area contributed by atoms with Crippen LogP contribution < -0.4 is 24.8 Å². The minimum absolute atomic E-state index is 0. The molecule has 0 atom stereocenters. The topological polar surface area (TPSA) is 0 Å². The summed E-state index contributed by atoms with van der Waals surface area (Å²) in [5, 5.41) is 0. The van der Waals surface area contributed by atoms with E-state index in [2.05, 4.69) is 139 Å². The van der Waals surface area contributed by atoms with Crippen LogP contribution in [0.3, 0.4) is 0 Å². The molecule has 8 rings (SSSR count). The van der Waals surface area contributed by atoms with Crippen LogP contribution in [-0.4, -0.2) is 3.21 Å². The molecule has 5 aromatic carbocycles. The third-order valence-electron chi connectivity index (χ3n) is 9.11. The first-order valence-electron chi connectivity index (χ1n) is 15.6. The average Bonchev–Trinajstić information content (AvgIpc) is 3.79. The Morgan fingerprint density at radius 3 is 1.65 bits per heavy atom. The molecule has 46 heavy (non-hydrogen) atoms. The van der Waals surface area contributed by atoms with E-state index in [0.717, 1.165) is 6.42 Å². The Kier molecular flexibility index (Phi) is 11.3. The van der Waals surface area contributed by atoms with Gasteiger partial charge in [-0.2, -0.15) is 23.8 Å². The number of benzene rings is 4. The maximum absolute atomic E-state index is 3.65. The number of halogens is 2. The van der Waals surface area contributed by atoms with Gasteiger partial charge in [0.05, 0.1) is 0 Å². The molecule has 0 amide bonds. The Morgan fingerprint density at radius 1 is 0.652 bits per heavy atom. The Morgan fingerprint density at radius 2 is 1.15 bits per heavy atom. The molecular formula is C43H40Cl2Zr-2. The standard InChI is InChI=1S/C25H25.C13H10.C5H5.2ClH.Zr/c1-14-12-24(3,4)22-8-16-7-17-9-23-19(15(2)13-25(23,5)6)11-21(17)20(16)10-18(14)22;1-3-7-12(8-4-1)11-13-9-5-2-6-10-13;1-2-4-5-3-1;;;/h8-12H,7H2,1-6H3;1-10H;1-5H;2*1H;/q-1;;-1;;;+2/p-2. The molecule has 0 heterocycles. The summed E-state index contributed by atoms with van der Waals surface area (Å²) < 4.78 is 1.42. The van der Waals surface area contributed by atoms with Crippen LogP contribution in [0.5, 0.6) is 0 Å². The molecule has 0 saturated heterocycles. The summed E-state index contributed by atoms with van der Waals surface area (Å²) in [6, 6.07) is 40.9. The van der Waals surface area contributed by atoms with Crippen LogP contribution in [0.1, 0.15) is 86.1 Å².